The van der Waals surface area contributed by atoms with E-state index in [1.54, 1.807) is 25.4 Å². The van der Waals surface area contributed by atoms with Gasteiger partial charge in [0.2, 0.25) is 10.0 Å². The zero-order valence-corrected chi connectivity index (χ0v) is 18.0. The normalized spacial score (nSPS) is 17.8. The van der Waals surface area contributed by atoms with Crippen molar-refractivity contribution in [2.75, 3.05) is 39.5 Å². The van der Waals surface area contributed by atoms with Gasteiger partial charge in [-0.1, -0.05) is 12.1 Å². The topological polar surface area (TPSA) is 92.3 Å². The van der Waals surface area contributed by atoms with E-state index < -0.39 is 10.0 Å². The van der Waals surface area contributed by atoms with E-state index in [-0.39, 0.29) is 17.9 Å². The maximum atomic E-state index is 12.0. The Morgan fingerprint density at radius 2 is 1.93 bits per heavy atom. The van der Waals surface area contributed by atoms with Crippen molar-refractivity contribution in [1.29, 1.82) is 0 Å². The average molecular weight is 413 g/mol. The van der Waals surface area contributed by atoms with Crippen LogP contribution in [0.25, 0.3) is 0 Å². The molecule has 1 atom stereocenters. The van der Waals surface area contributed by atoms with Crippen LogP contribution in [0.3, 0.4) is 0 Å². The summed E-state index contributed by atoms with van der Waals surface area (Å²) in [7, 11) is 0.236. The fourth-order valence-corrected chi connectivity index (χ4v) is 4.20. The molecule has 1 aliphatic rings. The summed E-state index contributed by atoms with van der Waals surface area (Å²) < 4.78 is 36.7. The number of hydrogen-bond acceptors (Lipinski definition) is 5. The number of para-hydroxylation sites is 2. The molecule has 0 aromatic heterocycles. The van der Waals surface area contributed by atoms with Gasteiger partial charge in [-0.2, -0.15) is 0 Å². The smallest absolute Gasteiger partial charge is 0.213 e. The molecule has 0 bridgehead atoms. The molecule has 1 unspecified atom stereocenters. The molecule has 1 heterocycles. The van der Waals surface area contributed by atoms with Crippen molar-refractivity contribution in [2.24, 2.45) is 4.99 Å². The molecule has 158 valence electrons. The predicted octanol–water partition coefficient (Wildman–Crippen LogP) is 1.44. The number of nitrogens with one attached hydrogen (secondary N) is 2. The predicted molar refractivity (Wildman–Crippen MR) is 112 cm³/mol. The third-order valence-electron chi connectivity index (χ3n) is 4.73. The van der Waals surface area contributed by atoms with E-state index in [9.17, 15) is 8.42 Å². The number of guanidine groups is 1. The van der Waals surface area contributed by atoms with Crippen LogP contribution in [-0.4, -0.2) is 70.4 Å². The molecule has 9 heteroatoms. The van der Waals surface area contributed by atoms with Gasteiger partial charge in [-0.15, -0.1) is 0 Å². The summed E-state index contributed by atoms with van der Waals surface area (Å²) in [5, 5.41) is 6.64. The summed E-state index contributed by atoms with van der Waals surface area (Å²) >= 11 is 0. The number of sulfonamides is 1. The molecule has 2 rings (SSSR count). The van der Waals surface area contributed by atoms with E-state index in [0.29, 0.717) is 37.1 Å². The van der Waals surface area contributed by atoms with Gasteiger partial charge in [0.15, 0.2) is 17.5 Å². The van der Waals surface area contributed by atoms with Gasteiger partial charge in [-0.3, -0.25) is 4.99 Å². The standard InChI is InChI=1S/C19H32N4O4S/c1-5-28(24,25)23-12-10-16(11-13-23)22-19(20-3)21-14-15(2)27-18-9-7-6-8-17(18)26-4/h6-9,15-16H,5,10-14H2,1-4H3,(H2,20,21,22). The van der Waals surface area contributed by atoms with Gasteiger partial charge in [0.1, 0.15) is 6.10 Å². The van der Waals surface area contributed by atoms with Gasteiger partial charge in [0, 0.05) is 26.2 Å². The maximum absolute atomic E-state index is 12.0. The Morgan fingerprint density at radius 1 is 1.29 bits per heavy atom. The van der Waals surface area contributed by atoms with Crippen LogP contribution in [-0.2, 0) is 10.0 Å². The van der Waals surface area contributed by atoms with Gasteiger partial charge in [0.05, 0.1) is 19.4 Å². The van der Waals surface area contributed by atoms with Crippen LogP contribution < -0.4 is 20.1 Å². The van der Waals surface area contributed by atoms with E-state index >= 15 is 0 Å². The molecule has 2 N–H and O–H groups in total. The van der Waals surface area contributed by atoms with Gasteiger partial charge in [0.25, 0.3) is 0 Å². The van der Waals surface area contributed by atoms with Gasteiger partial charge < -0.3 is 20.1 Å². The molecule has 28 heavy (non-hydrogen) atoms. The molecule has 1 fully saturated rings. The lowest BCUT2D eigenvalue weighted by Gasteiger charge is -2.32. The molecule has 0 spiro atoms. The zero-order valence-electron chi connectivity index (χ0n) is 17.1. The zero-order chi connectivity index (χ0) is 20.6. The van der Waals surface area contributed by atoms with E-state index in [0.717, 1.165) is 12.8 Å². The molecule has 1 aromatic rings. The van der Waals surface area contributed by atoms with Crippen LogP contribution >= 0.6 is 0 Å². The summed E-state index contributed by atoms with van der Waals surface area (Å²) in [4.78, 5) is 4.26. The maximum Gasteiger partial charge on any atom is 0.213 e. The molecule has 0 saturated carbocycles. The van der Waals surface area contributed by atoms with Gasteiger partial charge >= 0.3 is 0 Å². The minimum absolute atomic E-state index is 0.0913. The Morgan fingerprint density at radius 3 is 2.50 bits per heavy atom. The van der Waals surface area contributed by atoms with Crippen LogP contribution in [0.5, 0.6) is 11.5 Å². The lowest BCUT2D eigenvalue weighted by Crippen LogP contribution is -2.51. The van der Waals surface area contributed by atoms with Crippen molar-refractivity contribution in [1.82, 2.24) is 14.9 Å². The van der Waals surface area contributed by atoms with Gasteiger partial charge in [-0.25, -0.2) is 12.7 Å². The lowest BCUT2D eigenvalue weighted by molar-refractivity contribution is 0.213. The van der Waals surface area contributed by atoms with Crippen molar-refractivity contribution < 1.29 is 17.9 Å². The number of nitrogens with zero attached hydrogens (tertiary/aromatic N) is 2. The first kappa shape index (κ1) is 22.3. The molecule has 0 radical (unpaired) electrons. The SMILES string of the molecule is CCS(=O)(=O)N1CCC(NC(=NC)NCC(C)Oc2ccccc2OC)CC1. The summed E-state index contributed by atoms with van der Waals surface area (Å²) in [6.07, 6.45) is 1.42. The third-order valence-corrected chi connectivity index (χ3v) is 6.61. The Labute approximate surface area is 168 Å². The Balaban J connectivity index is 1.79. The number of piperidine rings is 1. The number of rotatable bonds is 8. The second-order valence-corrected chi connectivity index (χ2v) is 9.01. The van der Waals surface area contributed by atoms with E-state index in [1.807, 2.05) is 31.2 Å². The third kappa shape index (κ3) is 6.27. The van der Waals surface area contributed by atoms with E-state index in [2.05, 4.69) is 15.6 Å². The number of benzene rings is 1. The highest BCUT2D eigenvalue weighted by atomic mass is 32.2. The lowest BCUT2D eigenvalue weighted by atomic mass is 10.1. The van der Waals surface area contributed by atoms with Crippen LogP contribution in [0.2, 0.25) is 0 Å². The molecule has 1 aliphatic heterocycles. The summed E-state index contributed by atoms with van der Waals surface area (Å²) in [6.45, 7) is 5.30. The highest BCUT2D eigenvalue weighted by molar-refractivity contribution is 7.89. The fraction of sp³-hybridized carbons (Fsp3) is 0.632. The molecule has 1 saturated heterocycles. The summed E-state index contributed by atoms with van der Waals surface area (Å²) in [5.41, 5.74) is 0. The minimum atomic E-state index is -3.10. The molecule has 0 amide bonds. The molecular formula is C19H32N4O4S. The van der Waals surface area contributed by atoms with Crippen LogP contribution in [0, 0.1) is 0 Å². The van der Waals surface area contributed by atoms with Crippen LogP contribution in [0.4, 0.5) is 0 Å². The minimum Gasteiger partial charge on any atom is -0.493 e. The number of methoxy groups -OCH3 is 1. The Kier molecular flexibility index (Phi) is 8.37. The van der Waals surface area contributed by atoms with E-state index in [1.165, 1.54) is 0 Å². The number of ether oxygens (including phenoxy) is 2. The first-order chi connectivity index (χ1) is 13.4. The quantitative estimate of drug-likeness (QED) is 0.496. The van der Waals surface area contributed by atoms with Gasteiger partial charge in [-0.05, 0) is 38.8 Å². The second-order valence-electron chi connectivity index (χ2n) is 6.75. The molecule has 0 aliphatic carbocycles. The average Bonchev–Trinajstić information content (AvgIpc) is 2.71. The number of aliphatic imine (C=N–C) groups is 1. The van der Waals surface area contributed by atoms with Crippen LogP contribution in [0.1, 0.15) is 26.7 Å². The largest absolute Gasteiger partial charge is 0.493 e. The van der Waals surface area contributed by atoms with Crippen molar-refractivity contribution in [3.63, 3.8) is 0 Å². The molecule has 8 nitrogen and oxygen atoms in total. The van der Waals surface area contributed by atoms with Crippen molar-refractivity contribution >= 4 is 16.0 Å². The van der Waals surface area contributed by atoms with Crippen molar-refractivity contribution in [2.45, 2.75) is 38.8 Å². The highest BCUT2D eigenvalue weighted by Crippen LogP contribution is 2.26. The van der Waals surface area contributed by atoms with E-state index in [4.69, 9.17) is 9.47 Å². The number of hydrogen-bond donors (Lipinski definition) is 2. The second kappa shape index (κ2) is 10.5. The van der Waals surface area contributed by atoms with Crippen molar-refractivity contribution in [3.05, 3.63) is 24.3 Å². The van der Waals surface area contributed by atoms with Crippen LogP contribution in [0.15, 0.2) is 29.3 Å². The molecular weight excluding hydrogens is 380 g/mol. The summed E-state index contributed by atoms with van der Waals surface area (Å²) in [5.74, 6) is 2.24. The first-order valence-corrected chi connectivity index (χ1v) is 11.2. The Hall–Kier alpha value is -2.00. The Bertz CT molecular complexity index is 746. The highest BCUT2D eigenvalue weighted by Gasteiger charge is 2.27. The molecule has 1 aromatic carbocycles. The summed E-state index contributed by atoms with van der Waals surface area (Å²) in [6, 6.07) is 7.74. The van der Waals surface area contributed by atoms with Crippen molar-refractivity contribution in [3.8, 4) is 11.5 Å². The monoisotopic (exact) mass is 412 g/mol. The fourth-order valence-electron chi connectivity index (χ4n) is 3.06. The first-order valence-electron chi connectivity index (χ1n) is 9.64.